The number of methoxy groups -OCH3 is 1. The molecule has 1 aliphatic heterocycles. The van der Waals surface area contributed by atoms with Gasteiger partial charge >= 0.3 is 0 Å². The molecule has 1 aliphatic rings. The number of piperidine rings is 1. The van der Waals surface area contributed by atoms with Crippen molar-refractivity contribution in [3.8, 4) is 22.6 Å². The van der Waals surface area contributed by atoms with E-state index < -0.39 is 11.7 Å². The summed E-state index contributed by atoms with van der Waals surface area (Å²) in [6.07, 6.45) is 3.85. The minimum absolute atomic E-state index is 0.0192. The molecule has 3 heterocycles. The Balaban J connectivity index is 1.54. The molecule has 10 heteroatoms. The normalized spacial score (nSPS) is 14.6. The number of carbonyl (C=O) groups is 1. The minimum Gasteiger partial charge on any atom is -0.496 e. The number of nitrogens with two attached hydrogens (primary N) is 1. The van der Waals surface area contributed by atoms with Gasteiger partial charge in [0.2, 0.25) is 5.95 Å². The second kappa shape index (κ2) is 11.2. The van der Waals surface area contributed by atoms with Gasteiger partial charge in [0.15, 0.2) is 0 Å². The molecule has 0 saturated carbocycles. The van der Waals surface area contributed by atoms with Crippen molar-refractivity contribution in [2.45, 2.75) is 38.7 Å². The Hall–Kier alpha value is -3.76. The summed E-state index contributed by atoms with van der Waals surface area (Å²) in [6.45, 7) is 6.14. The van der Waals surface area contributed by atoms with Crippen LogP contribution in [0.1, 0.15) is 47.8 Å². The number of amides is 1. The van der Waals surface area contributed by atoms with Crippen LogP contribution in [0, 0.1) is 5.82 Å². The van der Waals surface area contributed by atoms with Crippen LogP contribution in [0.15, 0.2) is 42.6 Å². The van der Waals surface area contributed by atoms with Gasteiger partial charge in [-0.1, -0.05) is 6.07 Å². The smallest absolute Gasteiger partial charge is 0.259 e. The molecule has 0 aliphatic carbocycles. The summed E-state index contributed by atoms with van der Waals surface area (Å²) >= 11 is 1.19. The van der Waals surface area contributed by atoms with E-state index in [-0.39, 0.29) is 11.9 Å². The molecule has 5 rings (SSSR count). The summed E-state index contributed by atoms with van der Waals surface area (Å²) < 4.78 is 26.2. The third-order valence-electron chi connectivity index (χ3n) is 6.89. The highest BCUT2D eigenvalue weighted by molar-refractivity contribution is 7.21. The molecular formula is C29H32FN5O3S. The van der Waals surface area contributed by atoms with Gasteiger partial charge in [-0.15, -0.1) is 11.3 Å². The third-order valence-corrected chi connectivity index (χ3v) is 8.02. The molecule has 0 bridgehead atoms. The number of benzene rings is 2. The van der Waals surface area contributed by atoms with Crippen LogP contribution in [0.2, 0.25) is 0 Å². The number of likely N-dealkylation sites (tertiary alicyclic amines) is 1. The molecule has 1 amide bonds. The number of thiophene rings is 1. The Morgan fingerprint density at radius 3 is 2.64 bits per heavy atom. The van der Waals surface area contributed by atoms with Crippen LogP contribution in [-0.2, 0) is 0 Å². The van der Waals surface area contributed by atoms with Crippen molar-refractivity contribution in [1.82, 2.24) is 14.9 Å². The Kier molecular flexibility index (Phi) is 7.67. The number of carbonyl (C=O) groups excluding carboxylic acids is 1. The van der Waals surface area contributed by atoms with E-state index in [0.29, 0.717) is 38.1 Å². The molecule has 2 aromatic carbocycles. The lowest BCUT2D eigenvalue weighted by Crippen LogP contribution is -2.29. The quantitative estimate of drug-likeness (QED) is 0.280. The van der Waals surface area contributed by atoms with Gasteiger partial charge in [-0.2, -0.15) is 0 Å². The van der Waals surface area contributed by atoms with Crippen LogP contribution in [-0.4, -0.2) is 54.1 Å². The first kappa shape index (κ1) is 26.8. The second-order valence-electron chi connectivity index (χ2n) is 10.0. The summed E-state index contributed by atoms with van der Waals surface area (Å²) in [7, 11) is 3.61. The summed E-state index contributed by atoms with van der Waals surface area (Å²) in [4.78, 5) is 24.3. The van der Waals surface area contributed by atoms with Crippen molar-refractivity contribution < 1.29 is 18.7 Å². The molecule has 0 spiro atoms. The Morgan fingerprint density at radius 2 is 1.95 bits per heavy atom. The third kappa shape index (κ3) is 5.67. The maximum absolute atomic E-state index is 13.9. The van der Waals surface area contributed by atoms with E-state index in [1.54, 1.807) is 12.3 Å². The molecule has 39 heavy (non-hydrogen) atoms. The number of fused-ring (bicyclic) bond motifs is 1. The molecule has 1 saturated heterocycles. The van der Waals surface area contributed by atoms with E-state index in [1.165, 1.54) is 36.1 Å². The first-order chi connectivity index (χ1) is 18.7. The van der Waals surface area contributed by atoms with E-state index in [1.807, 2.05) is 19.9 Å². The topological polar surface area (TPSA) is 103 Å². The van der Waals surface area contributed by atoms with Gasteiger partial charge in [-0.3, -0.25) is 4.79 Å². The molecule has 204 valence electrons. The molecule has 4 aromatic rings. The van der Waals surface area contributed by atoms with Crippen molar-refractivity contribution in [3.63, 3.8) is 0 Å². The zero-order valence-electron chi connectivity index (χ0n) is 22.5. The number of aromatic nitrogens is 2. The zero-order chi connectivity index (χ0) is 27.7. The standard InChI is InChI=1S/C29H32FN5O3S/c1-16(2)38-23-13-18(17-9-11-35(3)12-10-17)5-8-21(23)33-29-32-15-24-26(34-29)25(27(39-24)28(31)36)20-7-6-19(30)14-22(20)37-4/h5-8,13-17H,9-12H2,1-4H3,(H2,31,36)(H,32,33,34). The summed E-state index contributed by atoms with van der Waals surface area (Å²) in [6, 6.07) is 10.4. The average Bonchev–Trinajstić information content (AvgIpc) is 3.29. The maximum atomic E-state index is 13.9. The molecule has 0 atom stereocenters. The lowest BCUT2D eigenvalue weighted by Gasteiger charge is -2.29. The highest BCUT2D eigenvalue weighted by Crippen LogP contribution is 2.42. The van der Waals surface area contributed by atoms with Gasteiger partial charge in [0.05, 0.1) is 35.3 Å². The molecule has 1 fully saturated rings. The number of nitrogens with one attached hydrogen (secondary N) is 1. The number of primary amides is 1. The van der Waals surface area contributed by atoms with E-state index in [0.717, 1.165) is 37.4 Å². The van der Waals surface area contributed by atoms with Crippen molar-refractivity contribution in [2.75, 3.05) is 32.6 Å². The van der Waals surface area contributed by atoms with E-state index in [4.69, 9.17) is 20.2 Å². The average molecular weight is 550 g/mol. The van der Waals surface area contributed by atoms with Crippen molar-refractivity contribution in [2.24, 2.45) is 5.73 Å². The van der Waals surface area contributed by atoms with E-state index in [2.05, 4.69) is 34.4 Å². The fourth-order valence-corrected chi connectivity index (χ4v) is 5.94. The van der Waals surface area contributed by atoms with Gasteiger partial charge in [0, 0.05) is 17.2 Å². The van der Waals surface area contributed by atoms with Crippen molar-refractivity contribution in [1.29, 1.82) is 0 Å². The van der Waals surface area contributed by atoms with Gasteiger partial charge in [0.1, 0.15) is 22.2 Å². The van der Waals surface area contributed by atoms with Gasteiger partial charge in [-0.05, 0) is 82.6 Å². The number of nitrogens with zero attached hydrogens (tertiary/aromatic N) is 3. The first-order valence-corrected chi connectivity index (χ1v) is 13.7. The molecule has 0 unspecified atom stereocenters. The Morgan fingerprint density at radius 1 is 1.18 bits per heavy atom. The summed E-state index contributed by atoms with van der Waals surface area (Å²) in [5.41, 5.74) is 9.25. The number of hydrogen-bond donors (Lipinski definition) is 2. The highest BCUT2D eigenvalue weighted by Gasteiger charge is 2.24. The van der Waals surface area contributed by atoms with Crippen LogP contribution in [0.3, 0.4) is 0 Å². The van der Waals surface area contributed by atoms with Crippen LogP contribution in [0.5, 0.6) is 11.5 Å². The van der Waals surface area contributed by atoms with Crippen LogP contribution >= 0.6 is 11.3 Å². The molecular weight excluding hydrogens is 517 g/mol. The minimum atomic E-state index is -0.606. The van der Waals surface area contributed by atoms with E-state index >= 15 is 0 Å². The predicted octanol–water partition coefficient (Wildman–Crippen LogP) is 5.94. The zero-order valence-corrected chi connectivity index (χ0v) is 23.3. The van der Waals surface area contributed by atoms with Gasteiger partial charge < -0.3 is 25.4 Å². The molecule has 8 nitrogen and oxygen atoms in total. The van der Waals surface area contributed by atoms with Crippen LogP contribution < -0.4 is 20.5 Å². The monoisotopic (exact) mass is 549 g/mol. The molecule has 0 radical (unpaired) electrons. The number of halogens is 1. The second-order valence-corrected chi connectivity index (χ2v) is 11.1. The Bertz CT molecular complexity index is 1510. The fourth-order valence-electron chi connectivity index (χ4n) is 4.96. The number of anilines is 2. The van der Waals surface area contributed by atoms with E-state index in [9.17, 15) is 9.18 Å². The van der Waals surface area contributed by atoms with Crippen molar-refractivity contribution >= 4 is 39.1 Å². The maximum Gasteiger partial charge on any atom is 0.259 e. The van der Waals surface area contributed by atoms with Gasteiger partial charge in [0.25, 0.3) is 5.91 Å². The molecule has 2 aromatic heterocycles. The SMILES string of the molecule is COc1cc(F)ccc1-c1c(C(N)=O)sc2cnc(Nc3ccc(C4CCN(C)CC4)cc3OC(C)C)nc12. The summed E-state index contributed by atoms with van der Waals surface area (Å²) in [5, 5.41) is 3.30. The van der Waals surface area contributed by atoms with Crippen LogP contribution in [0.4, 0.5) is 16.0 Å². The fraction of sp³-hybridized carbons (Fsp3) is 0.345. The largest absolute Gasteiger partial charge is 0.496 e. The van der Waals surface area contributed by atoms with Crippen molar-refractivity contribution in [3.05, 3.63) is 58.9 Å². The lowest BCUT2D eigenvalue weighted by atomic mass is 9.89. The number of rotatable bonds is 8. The highest BCUT2D eigenvalue weighted by atomic mass is 32.1. The van der Waals surface area contributed by atoms with Crippen LogP contribution in [0.25, 0.3) is 21.3 Å². The lowest BCUT2D eigenvalue weighted by molar-refractivity contribution is 0.100. The predicted molar refractivity (Wildman–Crippen MR) is 153 cm³/mol. The Labute approximate surface area is 231 Å². The first-order valence-electron chi connectivity index (χ1n) is 12.9. The molecule has 3 N–H and O–H groups in total. The summed E-state index contributed by atoms with van der Waals surface area (Å²) in [5.74, 6) is 0.777. The number of hydrogen-bond acceptors (Lipinski definition) is 8. The number of ether oxygens (including phenoxy) is 2. The van der Waals surface area contributed by atoms with Gasteiger partial charge in [-0.25, -0.2) is 14.4 Å².